The Balaban J connectivity index is 1.52. The lowest BCUT2D eigenvalue weighted by Gasteiger charge is -2.37. The van der Waals surface area contributed by atoms with Crippen molar-refractivity contribution in [3.05, 3.63) is 71.3 Å². The second kappa shape index (κ2) is 8.98. The van der Waals surface area contributed by atoms with Crippen LogP contribution in [0.1, 0.15) is 59.4 Å². The average molecular weight is 517 g/mol. The zero-order chi connectivity index (χ0) is 25.6. The van der Waals surface area contributed by atoms with Crippen LogP contribution in [0.4, 0.5) is 0 Å². The van der Waals surface area contributed by atoms with Gasteiger partial charge in [0.1, 0.15) is 5.78 Å². The Hall–Kier alpha value is -2.29. The summed E-state index contributed by atoms with van der Waals surface area (Å²) in [4.78, 5) is 39.1. The van der Waals surface area contributed by atoms with Gasteiger partial charge in [-0.15, -0.1) is 10.3 Å². The Morgan fingerprint density at radius 2 is 1.57 bits per heavy atom. The van der Waals surface area contributed by atoms with E-state index in [2.05, 4.69) is 0 Å². The first-order valence-corrected chi connectivity index (χ1v) is 15.8. The van der Waals surface area contributed by atoms with Crippen LogP contribution in [0.25, 0.3) is 0 Å². The zero-order valence-electron chi connectivity index (χ0n) is 20.6. The van der Waals surface area contributed by atoms with E-state index in [9.17, 15) is 22.8 Å². The molecular weight excluding hydrogens is 484 g/mol. The molecule has 0 amide bonds. The summed E-state index contributed by atoms with van der Waals surface area (Å²) < 4.78 is 32.0. The van der Waals surface area contributed by atoms with Gasteiger partial charge in [0.2, 0.25) is 0 Å². The number of carbonyl (C=O) groups excluding carboxylic acids is 3. The normalized spacial score (nSPS) is 23.9. The topological polar surface area (TPSA) is 94.6 Å². The molecule has 0 radical (unpaired) electrons. The number of benzene rings is 2. The molecule has 2 atom stereocenters. The fraction of sp³-hybridized carbons (Fsp3) is 0.444. The van der Waals surface area contributed by atoms with Crippen LogP contribution in [-0.2, 0) is 18.5 Å². The van der Waals surface area contributed by atoms with E-state index in [1.807, 2.05) is 19.9 Å². The van der Waals surface area contributed by atoms with Crippen molar-refractivity contribution in [3.63, 3.8) is 0 Å². The lowest BCUT2D eigenvalue weighted by Crippen LogP contribution is -2.42. The molecule has 2 aromatic carbocycles. The van der Waals surface area contributed by atoms with Crippen molar-refractivity contribution in [2.45, 2.75) is 33.1 Å². The third-order valence-corrected chi connectivity index (χ3v) is 11.9. The van der Waals surface area contributed by atoms with Crippen LogP contribution in [-0.4, -0.2) is 49.8 Å². The van der Waals surface area contributed by atoms with Crippen LogP contribution in [0.3, 0.4) is 0 Å². The fourth-order valence-corrected chi connectivity index (χ4v) is 10.5. The predicted molar refractivity (Wildman–Crippen MR) is 138 cm³/mol. The van der Waals surface area contributed by atoms with Gasteiger partial charge in [0, 0.05) is 23.1 Å². The van der Waals surface area contributed by atoms with Gasteiger partial charge in [-0.1, -0.05) is 68.4 Å². The molecule has 35 heavy (non-hydrogen) atoms. The van der Waals surface area contributed by atoms with E-state index >= 15 is 0 Å². The number of rotatable bonds is 9. The minimum absolute atomic E-state index is 0.00293. The molecule has 2 aliphatic carbocycles. The van der Waals surface area contributed by atoms with Crippen LogP contribution in [0.15, 0.2) is 54.6 Å². The highest BCUT2D eigenvalue weighted by atomic mass is 32.3. The molecule has 0 aliphatic heterocycles. The third-order valence-electron chi connectivity index (χ3n) is 7.84. The van der Waals surface area contributed by atoms with Crippen LogP contribution in [0.5, 0.6) is 0 Å². The van der Waals surface area contributed by atoms with Crippen LogP contribution in [0.2, 0.25) is 0 Å². The Kier molecular flexibility index (Phi) is 6.62. The molecule has 2 aromatic rings. The van der Waals surface area contributed by atoms with Gasteiger partial charge in [0.05, 0.1) is 16.9 Å². The molecule has 6 nitrogen and oxygen atoms in total. The number of ketones is 3. The molecule has 0 spiro atoms. The SMILES string of the molecule is CC1(C)C2CCC1(CS(=O)(=O)OS(C)(C)CC(=O)c1ccccc1C(=O)c1ccccc1)C(=O)C2. The summed E-state index contributed by atoms with van der Waals surface area (Å²) in [6.07, 6.45) is 5.07. The standard InChI is InChI=1S/C27H32O6S2/c1-26(2)20-14-15-27(26,24(29)16-20)18-35(31,32)33-34(3,4)17-23(28)21-12-8-9-13-22(21)25(30)19-10-6-5-7-11-19/h5-13,20H,14-18H2,1-4H3. The van der Waals surface area contributed by atoms with E-state index in [1.165, 1.54) is 0 Å². The van der Waals surface area contributed by atoms with Crippen molar-refractivity contribution in [1.82, 2.24) is 0 Å². The summed E-state index contributed by atoms with van der Waals surface area (Å²) in [5.74, 6) is -0.924. The molecule has 0 saturated heterocycles. The molecule has 2 aliphatic rings. The Bertz CT molecular complexity index is 1280. The highest BCUT2D eigenvalue weighted by Gasteiger charge is 2.65. The zero-order valence-corrected chi connectivity index (χ0v) is 22.2. The number of hydrogen-bond donors (Lipinski definition) is 0. The van der Waals surface area contributed by atoms with Crippen molar-refractivity contribution >= 4 is 37.8 Å². The van der Waals surface area contributed by atoms with Gasteiger partial charge in [0.25, 0.3) is 10.1 Å². The van der Waals surface area contributed by atoms with Crippen molar-refractivity contribution in [2.24, 2.45) is 16.7 Å². The molecule has 0 N–H and O–H groups in total. The lowest BCUT2D eigenvalue weighted by molar-refractivity contribution is -0.128. The van der Waals surface area contributed by atoms with E-state index in [-0.39, 0.29) is 45.9 Å². The van der Waals surface area contributed by atoms with Crippen LogP contribution in [0, 0.1) is 16.7 Å². The van der Waals surface area contributed by atoms with E-state index in [1.54, 1.807) is 61.0 Å². The first-order valence-electron chi connectivity index (χ1n) is 11.7. The van der Waals surface area contributed by atoms with E-state index in [0.717, 1.165) is 6.42 Å². The first-order chi connectivity index (χ1) is 16.3. The van der Waals surface area contributed by atoms with E-state index in [0.29, 0.717) is 18.4 Å². The maximum Gasteiger partial charge on any atom is 0.277 e. The summed E-state index contributed by atoms with van der Waals surface area (Å²) in [5, 5.41) is 0. The molecule has 0 heterocycles. The molecule has 2 unspecified atom stereocenters. The van der Waals surface area contributed by atoms with Crippen molar-refractivity contribution < 1.29 is 26.4 Å². The molecule has 2 bridgehead atoms. The number of fused-ring (bicyclic) bond motifs is 2. The maximum absolute atomic E-state index is 13.3. The molecule has 2 fully saturated rings. The van der Waals surface area contributed by atoms with Gasteiger partial charge in [-0.05, 0) is 36.7 Å². The summed E-state index contributed by atoms with van der Waals surface area (Å²) in [6.45, 7) is 3.96. The number of hydrogen-bond acceptors (Lipinski definition) is 6. The maximum atomic E-state index is 13.3. The summed E-state index contributed by atoms with van der Waals surface area (Å²) in [6, 6.07) is 15.3. The minimum atomic E-state index is -4.07. The number of carbonyl (C=O) groups is 3. The minimum Gasteiger partial charge on any atom is -0.299 e. The smallest absolute Gasteiger partial charge is 0.277 e. The molecule has 8 heteroatoms. The Labute approximate surface area is 209 Å². The van der Waals surface area contributed by atoms with Gasteiger partial charge < -0.3 is 0 Å². The summed E-state index contributed by atoms with van der Waals surface area (Å²) in [7, 11) is -6.44. The summed E-state index contributed by atoms with van der Waals surface area (Å²) >= 11 is 0. The van der Waals surface area contributed by atoms with Crippen molar-refractivity contribution in [3.8, 4) is 0 Å². The van der Waals surface area contributed by atoms with E-state index < -0.39 is 31.3 Å². The van der Waals surface area contributed by atoms with Gasteiger partial charge in [-0.2, -0.15) is 8.42 Å². The fourth-order valence-electron chi connectivity index (χ4n) is 5.80. The lowest BCUT2D eigenvalue weighted by atomic mass is 9.70. The molecule has 0 aromatic heterocycles. The molecule has 2 saturated carbocycles. The summed E-state index contributed by atoms with van der Waals surface area (Å²) in [5.41, 5.74) is -0.337. The predicted octanol–water partition coefficient (Wildman–Crippen LogP) is 4.82. The monoisotopic (exact) mass is 516 g/mol. The van der Waals surface area contributed by atoms with Crippen molar-refractivity contribution in [1.29, 1.82) is 0 Å². The first kappa shape index (κ1) is 25.8. The third kappa shape index (κ3) is 4.76. The van der Waals surface area contributed by atoms with Gasteiger partial charge in [-0.3, -0.25) is 14.4 Å². The Morgan fingerprint density at radius 1 is 0.971 bits per heavy atom. The highest BCUT2D eigenvalue weighted by Crippen LogP contribution is 2.64. The highest BCUT2D eigenvalue weighted by molar-refractivity contribution is 8.32. The Morgan fingerprint density at radius 3 is 2.14 bits per heavy atom. The largest absolute Gasteiger partial charge is 0.299 e. The van der Waals surface area contributed by atoms with E-state index in [4.69, 9.17) is 3.63 Å². The second-order valence-corrected chi connectivity index (χ2v) is 15.8. The molecular formula is C27H32O6S2. The van der Waals surface area contributed by atoms with Crippen LogP contribution < -0.4 is 0 Å². The van der Waals surface area contributed by atoms with Gasteiger partial charge in [0.15, 0.2) is 11.6 Å². The molecule has 188 valence electrons. The second-order valence-electron chi connectivity index (χ2n) is 10.7. The van der Waals surface area contributed by atoms with Crippen LogP contribution >= 0.6 is 10.3 Å². The van der Waals surface area contributed by atoms with Gasteiger partial charge in [-0.25, -0.2) is 3.63 Å². The van der Waals surface area contributed by atoms with Gasteiger partial charge >= 0.3 is 0 Å². The van der Waals surface area contributed by atoms with Crippen molar-refractivity contribution in [2.75, 3.05) is 24.0 Å². The number of Topliss-reactive ketones (excluding diaryl/α,β-unsaturated/α-hetero) is 2. The average Bonchev–Trinajstić information content (AvgIpc) is 3.12. The quantitative estimate of drug-likeness (QED) is 0.444. The molecule has 4 rings (SSSR count).